The summed E-state index contributed by atoms with van der Waals surface area (Å²) in [5.74, 6) is 1.75. The topological polar surface area (TPSA) is 12.5 Å². The van der Waals surface area contributed by atoms with E-state index in [1.165, 1.54) is 50.1 Å². The Morgan fingerprint density at radius 1 is 0.322 bits per heavy atom. The van der Waals surface area contributed by atoms with E-state index < -0.39 is 10.8 Å². The number of nitrogens with zero attached hydrogens (tertiary/aromatic N) is 1. The quantitative estimate of drug-likeness (QED) is 0.161. The number of anilines is 3. The predicted molar refractivity (Wildman–Crippen MR) is 242 cm³/mol. The Morgan fingerprint density at radius 3 is 1.25 bits per heavy atom. The second kappa shape index (κ2) is 13.9. The van der Waals surface area contributed by atoms with E-state index >= 15 is 0 Å². The molecule has 1 aliphatic heterocycles. The van der Waals surface area contributed by atoms with Gasteiger partial charge in [-0.05, 0) is 93.9 Å². The second-order valence-electron chi connectivity index (χ2n) is 15.7. The maximum atomic E-state index is 6.61. The Labute approximate surface area is 346 Å². The summed E-state index contributed by atoms with van der Waals surface area (Å²) in [6.07, 6.45) is 0. The van der Waals surface area contributed by atoms with E-state index in [0.717, 1.165) is 39.7 Å². The third kappa shape index (κ3) is 5.20. The van der Waals surface area contributed by atoms with E-state index in [4.69, 9.17) is 4.74 Å². The highest BCUT2D eigenvalue weighted by Gasteiger charge is 2.48. The van der Waals surface area contributed by atoms with Crippen LogP contribution in [0, 0.1) is 6.92 Å². The molecule has 11 rings (SSSR count). The zero-order valence-electron chi connectivity index (χ0n) is 32.8. The Balaban J connectivity index is 1.17. The fraction of sp³-hybridized carbons (Fsp3) is 0.0526. The van der Waals surface area contributed by atoms with Crippen molar-refractivity contribution in [2.24, 2.45) is 0 Å². The molecule has 0 aromatic heterocycles. The molecule has 0 fully saturated rings. The summed E-state index contributed by atoms with van der Waals surface area (Å²) < 4.78 is 6.61. The van der Waals surface area contributed by atoms with Gasteiger partial charge in [0.2, 0.25) is 0 Å². The number of benzene rings is 9. The smallest absolute Gasteiger partial charge is 0.132 e. The van der Waals surface area contributed by atoms with E-state index in [1.54, 1.807) is 0 Å². The van der Waals surface area contributed by atoms with Crippen LogP contribution in [0.25, 0.3) is 11.1 Å². The first-order valence-corrected chi connectivity index (χ1v) is 20.4. The molecule has 1 aliphatic carbocycles. The number of hydrogen-bond donors (Lipinski definition) is 0. The van der Waals surface area contributed by atoms with Gasteiger partial charge in [0.25, 0.3) is 0 Å². The summed E-state index contributed by atoms with van der Waals surface area (Å²) in [5, 5.41) is 0. The SMILES string of the molecule is Cc1ccc(N(c2ccc(C3(c4ccccc4)c4ccccc4Oc4ccccc43)cc2)c2ccccc2C2(c3ccccc3)c3ccccc3-c3ccccc32)cc1. The molecule has 0 atom stereocenters. The molecule has 280 valence electrons. The molecule has 9 aromatic carbocycles. The van der Waals surface area contributed by atoms with Crippen molar-refractivity contribution in [3.05, 3.63) is 281 Å². The number of rotatable bonds is 7. The van der Waals surface area contributed by atoms with Gasteiger partial charge in [-0.15, -0.1) is 0 Å². The van der Waals surface area contributed by atoms with Crippen molar-refractivity contribution in [2.75, 3.05) is 4.90 Å². The Bertz CT molecular complexity index is 2880. The minimum absolute atomic E-state index is 0.569. The highest BCUT2D eigenvalue weighted by Crippen LogP contribution is 2.59. The normalized spacial score (nSPS) is 13.9. The second-order valence-corrected chi connectivity index (χ2v) is 15.7. The van der Waals surface area contributed by atoms with E-state index in [2.05, 4.69) is 242 Å². The van der Waals surface area contributed by atoms with Crippen molar-refractivity contribution >= 4 is 17.1 Å². The maximum absolute atomic E-state index is 6.61. The third-order valence-corrected chi connectivity index (χ3v) is 12.6. The lowest BCUT2D eigenvalue weighted by Gasteiger charge is -2.41. The standard InChI is InChI=1S/C57H41NO/c1-40-32-36-44(37-33-40)58(53-29-15-12-26-50(53)57(42-20-6-3-7-21-42)48-24-10-8-22-46(48)47-23-9-11-25-49(47)57)45-38-34-43(35-39-45)56(41-18-4-2-5-19-41)51-27-13-16-30-54(51)59-55-31-17-14-28-52(55)56/h2-39H,1H3. The first-order chi connectivity index (χ1) is 29.2. The van der Waals surface area contributed by atoms with Crippen LogP contribution >= 0.6 is 0 Å². The van der Waals surface area contributed by atoms with Gasteiger partial charge in [0, 0.05) is 22.5 Å². The summed E-state index contributed by atoms with van der Waals surface area (Å²) in [6.45, 7) is 2.15. The van der Waals surface area contributed by atoms with Gasteiger partial charge >= 0.3 is 0 Å². The number of para-hydroxylation sites is 3. The van der Waals surface area contributed by atoms with Crippen LogP contribution in [-0.4, -0.2) is 0 Å². The van der Waals surface area contributed by atoms with Crippen LogP contribution in [0.5, 0.6) is 11.5 Å². The minimum atomic E-state index is -0.605. The van der Waals surface area contributed by atoms with Crippen LogP contribution in [0.1, 0.15) is 50.1 Å². The molecule has 0 bridgehead atoms. The highest BCUT2D eigenvalue weighted by molar-refractivity contribution is 5.90. The number of aryl methyl sites for hydroxylation is 1. The van der Waals surface area contributed by atoms with Gasteiger partial charge in [0.05, 0.1) is 16.5 Å². The number of hydrogen-bond acceptors (Lipinski definition) is 2. The molecule has 9 aromatic rings. The predicted octanol–water partition coefficient (Wildman–Crippen LogP) is 14.3. The van der Waals surface area contributed by atoms with Crippen LogP contribution in [0.4, 0.5) is 17.1 Å². The van der Waals surface area contributed by atoms with Gasteiger partial charge in [0.15, 0.2) is 0 Å². The van der Waals surface area contributed by atoms with Crippen molar-refractivity contribution in [2.45, 2.75) is 17.8 Å². The van der Waals surface area contributed by atoms with Crippen molar-refractivity contribution in [3.63, 3.8) is 0 Å². The molecular formula is C57H41NO. The van der Waals surface area contributed by atoms with Crippen molar-refractivity contribution in [1.29, 1.82) is 0 Å². The molecule has 2 nitrogen and oxygen atoms in total. The van der Waals surface area contributed by atoms with Gasteiger partial charge in [-0.25, -0.2) is 0 Å². The van der Waals surface area contributed by atoms with Gasteiger partial charge in [-0.3, -0.25) is 0 Å². The molecular weight excluding hydrogens is 715 g/mol. The largest absolute Gasteiger partial charge is 0.457 e. The Morgan fingerprint density at radius 2 is 0.712 bits per heavy atom. The van der Waals surface area contributed by atoms with Crippen molar-refractivity contribution in [3.8, 4) is 22.6 Å². The molecule has 0 N–H and O–H groups in total. The fourth-order valence-electron chi connectivity index (χ4n) is 10.1. The summed E-state index contributed by atoms with van der Waals surface area (Å²) in [4.78, 5) is 2.45. The summed E-state index contributed by atoms with van der Waals surface area (Å²) in [7, 11) is 0. The van der Waals surface area contributed by atoms with E-state index in [0.29, 0.717) is 0 Å². The zero-order chi connectivity index (χ0) is 39.4. The first-order valence-electron chi connectivity index (χ1n) is 20.4. The van der Waals surface area contributed by atoms with Gasteiger partial charge in [-0.2, -0.15) is 0 Å². The molecule has 59 heavy (non-hydrogen) atoms. The van der Waals surface area contributed by atoms with Crippen molar-refractivity contribution < 1.29 is 4.74 Å². The molecule has 0 saturated carbocycles. The summed E-state index contributed by atoms with van der Waals surface area (Å²) in [5.41, 5.74) is 15.6. The van der Waals surface area contributed by atoms with E-state index in [1.807, 2.05) is 0 Å². The molecule has 2 heteroatoms. The molecule has 2 aliphatic rings. The average Bonchev–Trinajstić information content (AvgIpc) is 3.61. The summed E-state index contributed by atoms with van der Waals surface area (Å²) in [6, 6.07) is 84.1. The van der Waals surface area contributed by atoms with Crippen molar-refractivity contribution in [1.82, 2.24) is 0 Å². The molecule has 0 amide bonds. The molecule has 0 unspecified atom stereocenters. The third-order valence-electron chi connectivity index (χ3n) is 12.6. The van der Waals surface area contributed by atoms with Crippen LogP contribution in [0.3, 0.4) is 0 Å². The lowest BCUT2D eigenvalue weighted by molar-refractivity contribution is 0.434. The van der Waals surface area contributed by atoms with Crippen LogP contribution in [-0.2, 0) is 10.8 Å². The van der Waals surface area contributed by atoms with Gasteiger partial charge in [0.1, 0.15) is 11.5 Å². The number of ether oxygens (including phenoxy) is 1. The monoisotopic (exact) mass is 755 g/mol. The van der Waals surface area contributed by atoms with Gasteiger partial charge < -0.3 is 9.64 Å². The van der Waals surface area contributed by atoms with Crippen LogP contribution < -0.4 is 9.64 Å². The molecule has 0 radical (unpaired) electrons. The van der Waals surface area contributed by atoms with Crippen LogP contribution in [0.2, 0.25) is 0 Å². The lowest BCUT2D eigenvalue weighted by Crippen LogP contribution is -2.34. The minimum Gasteiger partial charge on any atom is -0.457 e. The highest BCUT2D eigenvalue weighted by atomic mass is 16.5. The Kier molecular flexibility index (Phi) is 8.20. The van der Waals surface area contributed by atoms with E-state index in [-0.39, 0.29) is 0 Å². The molecule has 1 heterocycles. The zero-order valence-corrected chi connectivity index (χ0v) is 32.8. The Hall–Kier alpha value is -7.42. The maximum Gasteiger partial charge on any atom is 0.132 e. The van der Waals surface area contributed by atoms with Crippen LogP contribution in [0.15, 0.2) is 231 Å². The average molecular weight is 756 g/mol. The van der Waals surface area contributed by atoms with Gasteiger partial charge in [-0.1, -0.05) is 194 Å². The lowest BCUT2D eigenvalue weighted by atomic mass is 9.63. The first kappa shape index (κ1) is 34.8. The molecule has 0 spiro atoms. The fourth-order valence-corrected chi connectivity index (χ4v) is 10.1. The summed E-state index contributed by atoms with van der Waals surface area (Å²) >= 11 is 0. The molecule has 0 saturated heterocycles. The van der Waals surface area contributed by atoms with E-state index in [9.17, 15) is 0 Å². The number of fused-ring (bicyclic) bond motifs is 5.